The molecule has 0 atom stereocenters. The van der Waals surface area contributed by atoms with Gasteiger partial charge in [0.1, 0.15) is 5.54 Å². The molecule has 0 spiro atoms. The third kappa shape index (κ3) is 3.85. The Morgan fingerprint density at radius 1 is 1.43 bits per heavy atom. The highest BCUT2D eigenvalue weighted by molar-refractivity contribution is 6.34. The fraction of sp³-hybridized carbons (Fsp3) is 0.412. The van der Waals surface area contributed by atoms with Crippen LogP contribution in [0.5, 0.6) is 0 Å². The molecule has 1 amide bonds. The third-order valence-electron chi connectivity index (χ3n) is 4.10. The van der Waals surface area contributed by atoms with E-state index in [2.05, 4.69) is 10.3 Å². The molecule has 23 heavy (non-hydrogen) atoms. The van der Waals surface area contributed by atoms with Crippen molar-refractivity contribution in [2.45, 2.75) is 31.7 Å². The lowest BCUT2D eigenvalue weighted by atomic mass is 9.76. The standard InChI is InChI=1S/C17H23ClN4O/c1-12(10-19)11-20-17(7-4-8-17)16(23)21-15-6-5-13(22(2)3)9-14(15)18/h5-6,9-11H,4,7-8,19H2,1-3H3,(H,21,23). The number of carbonyl (C=O) groups is 1. The number of hydrogen-bond acceptors (Lipinski definition) is 4. The fourth-order valence-electron chi connectivity index (χ4n) is 2.32. The number of amides is 1. The van der Waals surface area contributed by atoms with Crippen LogP contribution in [0.25, 0.3) is 0 Å². The van der Waals surface area contributed by atoms with Crippen molar-refractivity contribution in [1.82, 2.24) is 0 Å². The van der Waals surface area contributed by atoms with Crippen LogP contribution in [0.4, 0.5) is 11.4 Å². The predicted octanol–water partition coefficient (Wildman–Crippen LogP) is 3.20. The van der Waals surface area contributed by atoms with E-state index in [9.17, 15) is 4.79 Å². The molecule has 124 valence electrons. The number of allylic oxidation sites excluding steroid dienone is 1. The Bertz CT molecular complexity index is 648. The number of hydrogen-bond donors (Lipinski definition) is 2. The van der Waals surface area contributed by atoms with E-state index in [0.29, 0.717) is 10.7 Å². The Labute approximate surface area is 142 Å². The second-order valence-electron chi connectivity index (χ2n) is 6.07. The number of anilines is 2. The Kier molecular flexibility index (Phi) is 5.31. The van der Waals surface area contributed by atoms with E-state index in [-0.39, 0.29) is 5.91 Å². The second kappa shape index (κ2) is 7.04. The van der Waals surface area contributed by atoms with Crippen LogP contribution in [0.2, 0.25) is 5.02 Å². The quantitative estimate of drug-likeness (QED) is 0.812. The molecular weight excluding hydrogens is 312 g/mol. The lowest BCUT2D eigenvalue weighted by Gasteiger charge is -2.36. The smallest absolute Gasteiger partial charge is 0.252 e. The molecule has 3 N–H and O–H groups in total. The maximum atomic E-state index is 12.6. The molecule has 2 rings (SSSR count). The van der Waals surface area contributed by atoms with Crippen LogP contribution in [-0.4, -0.2) is 31.8 Å². The summed E-state index contributed by atoms with van der Waals surface area (Å²) < 4.78 is 0. The number of nitrogens with zero attached hydrogens (tertiary/aromatic N) is 2. The molecular formula is C17H23ClN4O. The largest absolute Gasteiger partial charge is 0.404 e. The summed E-state index contributed by atoms with van der Waals surface area (Å²) in [6.45, 7) is 1.85. The van der Waals surface area contributed by atoms with Crippen LogP contribution >= 0.6 is 11.6 Å². The van der Waals surface area contributed by atoms with Crippen molar-refractivity contribution < 1.29 is 4.79 Å². The summed E-state index contributed by atoms with van der Waals surface area (Å²) >= 11 is 6.27. The minimum absolute atomic E-state index is 0.121. The van der Waals surface area contributed by atoms with Gasteiger partial charge in [0.15, 0.2) is 0 Å². The van der Waals surface area contributed by atoms with Crippen molar-refractivity contribution in [3.8, 4) is 0 Å². The highest BCUT2D eigenvalue weighted by Crippen LogP contribution is 2.37. The molecule has 1 aliphatic rings. The zero-order valence-corrected chi connectivity index (χ0v) is 14.5. The lowest BCUT2D eigenvalue weighted by molar-refractivity contribution is -0.123. The minimum atomic E-state index is -0.701. The summed E-state index contributed by atoms with van der Waals surface area (Å²) in [4.78, 5) is 19.1. The van der Waals surface area contributed by atoms with Crippen LogP contribution in [0.1, 0.15) is 26.2 Å². The molecule has 5 nitrogen and oxygen atoms in total. The lowest BCUT2D eigenvalue weighted by Crippen LogP contribution is -2.47. The summed E-state index contributed by atoms with van der Waals surface area (Å²) in [5, 5.41) is 3.42. The molecule has 0 aromatic heterocycles. The first kappa shape index (κ1) is 17.3. The van der Waals surface area contributed by atoms with Gasteiger partial charge in [-0.1, -0.05) is 11.6 Å². The highest BCUT2D eigenvalue weighted by Gasteiger charge is 2.43. The van der Waals surface area contributed by atoms with E-state index in [0.717, 1.165) is 30.5 Å². The zero-order valence-electron chi connectivity index (χ0n) is 13.8. The van der Waals surface area contributed by atoms with Crippen molar-refractivity contribution in [3.05, 3.63) is 35.0 Å². The zero-order chi connectivity index (χ0) is 17.0. The van der Waals surface area contributed by atoms with Gasteiger partial charge in [-0.15, -0.1) is 0 Å². The van der Waals surface area contributed by atoms with Crippen molar-refractivity contribution in [3.63, 3.8) is 0 Å². The summed E-state index contributed by atoms with van der Waals surface area (Å²) in [5.41, 5.74) is 7.16. The molecule has 1 aliphatic carbocycles. The molecule has 0 saturated heterocycles. The van der Waals surface area contributed by atoms with Crippen molar-refractivity contribution in [2.24, 2.45) is 10.7 Å². The van der Waals surface area contributed by atoms with Gasteiger partial charge >= 0.3 is 0 Å². The molecule has 0 aliphatic heterocycles. The fourth-order valence-corrected chi connectivity index (χ4v) is 2.54. The third-order valence-corrected chi connectivity index (χ3v) is 4.41. The normalized spacial score (nSPS) is 17.0. The molecule has 0 heterocycles. The summed E-state index contributed by atoms with van der Waals surface area (Å²) in [5.74, 6) is -0.121. The van der Waals surface area contributed by atoms with E-state index in [1.807, 2.05) is 44.1 Å². The van der Waals surface area contributed by atoms with Crippen LogP contribution in [0.3, 0.4) is 0 Å². The van der Waals surface area contributed by atoms with Gasteiger partial charge in [0.25, 0.3) is 5.91 Å². The first-order chi connectivity index (χ1) is 10.9. The number of nitrogens with two attached hydrogens (primary N) is 1. The van der Waals surface area contributed by atoms with Gasteiger partial charge in [0.2, 0.25) is 0 Å². The number of aliphatic imine (C=N–C) groups is 1. The van der Waals surface area contributed by atoms with Gasteiger partial charge in [-0.25, -0.2) is 0 Å². The Hall–Kier alpha value is -2.01. The number of rotatable bonds is 5. The molecule has 0 bridgehead atoms. The molecule has 1 aromatic rings. The van der Waals surface area contributed by atoms with Crippen molar-refractivity contribution in [2.75, 3.05) is 24.3 Å². The maximum absolute atomic E-state index is 12.6. The molecule has 0 unspecified atom stereocenters. The van der Waals surface area contributed by atoms with Gasteiger partial charge in [0.05, 0.1) is 10.7 Å². The molecule has 1 fully saturated rings. The Balaban J connectivity index is 2.16. The van der Waals surface area contributed by atoms with Gasteiger partial charge in [-0.3, -0.25) is 9.79 Å². The second-order valence-corrected chi connectivity index (χ2v) is 6.47. The van der Waals surface area contributed by atoms with E-state index < -0.39 is 5.54 Å². The molecule has 1 aromatic carbocycles. The number of nitrogens with one attached hydrogen (secondary N) is 1. The SMILES string of the molecule is CC(C=NC1(C(=O)Nc2ccc(N(C)C)cc2Cl)CCC1)=CN. The van der Waals surface area contributed by atoms with Crippen LogP contribution in [-0.2, 0) is 4.79 Å². The first-order valence-corrected chi connectivity index (χ1v) is 7.98. The number of halogens is 1. The van der Waals surface area contributed by atoms with E-state index in [4.69, 9.17) is 17.3 Å². The maximum Gasteiger partial charge on any atom is 0.252 e. The predicted molar refractivity (Wildman–Crippen MR) is 97.4 cm³/mol. The minimum Gasteiger partial charge on any atom is -0.404 e. The summed E-state index contributed by atoms with van der Waals surface area (Å²) in [6.07, 6.45) is 5.60. The van der Waals surface area contributed by atoms with E-state index in [1.54, 1.807) is 6.21 Å². The Morgan fingerprint density at radius 2 is 2.13 bits per heavy atom. The molecule has 6 heteroatoms. The average Bonchev–Trinajstić information content (AvgIpc) is 2.47. The van der Waals surface area contributed by atoms with E-state index in [1.165, 1.54) is 6.20 Å². The van der Waals surface area contributed by atoms with Crippen molar-refractivity contribution in [1.29, 1.82) is 0 Å². The summed E-state index contributed by atoms with van der Waals surface area (Å²) in [6, 6.07) is 5.56. The van der Waals surface area contributed by atoms with Crippen LogP contribution in [0, 0.1) is 0 Å². The van der Waals surface area contributed by atoms with E-state index >= 15 is 0 Å². The van der Waals surface area contributed by atoms with Crippen LogP contribution < -0.4 is 16.0 Å². The Morgan fingerprint density at radius 3 is 2.61 bits per heavy atom. The van der Waals surface area contributed by atoms with Gasteiger partial charge in [-0.05, 0) is 56.2 Å². The van der Waals surface area contributed by atoms with Gasteiger partial charge in [0, 0.05) is 26.0 Å². The van der Waals surface area contributed by atoms with Crippen LogP contribution in [0.15, 0.2) is 35.0 Å². The summed E-state index contributed by atoms with van der Waals surface area (Å²) in [7, 11) is 3.88. The topological polar surface area (TPSA) is 70.7 Å². The molecule has 0 radical (unpaired) electrons. The molecule has 1 saturated carbocycles. The monoisotopic (exact) mass is 334 g/mol. The highest BCUT2D eigenvalue weighted by atomic mass is 35.5. The van der Waals surface area contributed by atoms with Crippen molar-refractivity contribution >= 4 is 35.1 Å². The van der Waals surface area contributed by atoms with Gasteiger partial charge < -0.3 is 16.0 Å². The van der Waals surface area contributed by atoms with Gasteiger partial charge in [-0.2, -0.15) is 0 Å². The number of benzene rings is 1. The average molecular weight is 335 g/mol. The first-order valence-electron chi connectivity index (χ1n) is 7.60. The number of carbonyl (C=O) groups excluding carboxylic acids is 1.